The molecule has 6 nitrogen and oxygen atoms in total. The second-order valence-electron chi connectivity index (χ2n) is 5.73. The van der Waals surface area contributed by atoms with Crippen LogP contribution in [-0.2, 0) is 27.7 Å². The van der Waals surface area contributed by atoms with Crippen molar-refractivity contribution >= 4 is 21.6 Å². The number of sulfonamides is 1. The Morgan fingerprint density at radius 2 is 1.92 bits per heavy atom. The van der Waals surface area contributed by atoms with Crippen LogP contribution in [0.3, 0.4) is 0 Å². The fourth-order valence-electron chi connectivity index (χ4n) is 2.70. The van der Waals surface area contributed by atoms with Crippen LogP contribution in [-0.4, -0.2) is 32.1 Å². The molecule has 0 saturated heterocycles. The summed E-state index contributed by atoms with van der Waals surface area (Å²) in [6.45, 7) is -0.306. The van der Waals surface area contributed by atoms with Gasteiger partial charge in [0, 0.05) is 11.7 Å². The van der Waals surface area contributed by atoms with Crippen LogP contribution in [0.5, 0.6) is 0 Å². The predicted molar refractivity (Wildman–Crippen MR) is 90.1 cm³/mol. The second kappa shape index (κ2) is 6.72. The van der Waals surface area contributed by atoms with Gasteiger partial charge < -0.3 is 10.4 Å². The van der Waals surface area contributed by atoms with Crippen LogP contribution < -0.4 is 10.0 Å². The number of rotatable bonds is 6. The topological polar surface area (TPSA) is 95.5 Å². The van der Waals surface area contributed by atoms with Gasteiger partial charge in [0.25, 0.3) is 0 Å². The number of anilines is 1. The number of benzene rings is 2. The van der Waals surface area contributed by atoms with E-state index in [9.17, 15) is 18.3 Å². The molecule has 1 heterocycles. The summed E-state index contributed by atoms with van der Waals surface area (Å²) in [5.74, 6) is -0.148. The minimum Gasteiger partial charge on any atom is -0.395 e. The first-order valence-electron chi connectivity index (χ1n) is 7.58. The Balaban J connectivity index is 1.77. The third-order valence-corrected chi connectivity index (χ3v) is 5.40. The van der Waals surface area contributed by atoms with Crippen molar-refractivity contribution in [1.82, 2.24) is 4.72 Å². The summed E-state index contributed by atoms with van der Waals surface area (Å²) in [5.41, 5.74) is 2.23. The number of carbonyl (C=O) groups is 1. The third-order valence-electron chi connectivity index (χ3n) is 3.88. The maximum atomic E-state index is 12.5. The first-order chi connectivity index (χ1) is 11.5. The van der Waals surface area contributed by atoms with Gasteiger partial charge in [-0.2, -0.15) is 0 Å². The Labute approximate surface area is 140 Å². The molecule has 1 unspecified atom stereocenters. The molecule has 0 aromatic heterocycles. The molecule has 7 heteroatoms. The van der Waals surface area contributed by atoms with E-state index in [0.717, 1.165) is 5.56 Å². The molecule has 0 radical (unpaired) electrons. The van der Waals surface area contributed by atoms with E-state index >= 15 is 0 Å². The van der Waals surface area contributed by atoms with Crippen molar-refractivity contribution < 1.29 is 18.3 Å². The van der Waals surface area contributed by atoms with Crippen LogP contribution in [0.2, 0.25) is 0 Å². The van der Waals surface area contributed by atoms with E-state index in [0.29, 0.717) is 17.7 Å². The van der Waals surface area contributed by atoms with E-state index < -0.39 is 16.1 Å². The van der Waals surface area contributed by atoms with E-state index in [1.165, 1.54) is 12.1 Å². The van der Waals surface area contributed by atoms with Crippen molar-refractivity contribution in [3.05, 3.63) is 59.7 Å². The normalized spacial score (nSPS) is 15.0. The molecule has 0 fully saturated rings. The molecule has 1 atom stereocenters. The molecule has 0 saturated carbocycles. The molecule has 126 valence electrons. The lowest BCUT2D eigenvalue weighted by atomic mass is 10.1. The van der Waals surface area contributed by atoms with Gasteiger partial charge in [-0.05, 0) is 35.7 Å². The number of hydrogen-bond donors (Lipinski definition) is 3. The van der Waals surface area contributed by atoms with Crippen LogP contribution in [0.25, 0.3) is 0 Å². The van der Waals surface area contributed by atoms with E-state index in [1.807, 2.05) is 30.3 Å². The van der Waals surface area contributed by atoms with E-state index in [4.69, 9.17) is 0 Å². The first-order valence-corrected chi connectivity index (χ1v) is 9.06. The van der Waals surface area contributed by atoms with Crippen molar-refractivity contribution in [2.24, 2.45) is 0 Å². The highest BCUT2D eigenvalue weighted by Gasteiger charge is 2.24. The Morgan fingerprint density at radius 1 is 1.17 bits per heavy atom. The Bertz CT molecular complexity index is 850. The highest BCUT2D eigenvalue weighted by Crippen LogP contribution is 2.25. The number of aliphatic hydroxyl groups excluding tert-OH is 1. The molecular formula is C17H18N2O4S. The molecule has 1 aliphatic rings. The minimum atomic E-state index is -3.78. The number of carbonyl (C=O) groups excluding carboxylic acids is 1. The molecule has 2 aromatic rings. The minimum absolute atomic E-state index is 0.0873. The van der Waals surface area contributed by atoms with Gasteiger partial charge in [-0.15, -0.1) is 0 Å². The van der Waals surface area contributed by atoms with E-state index in [1.54, 1.807) is 6.07 Å². The summed E-state index contributed by atoms with van der Waals surface area (Å²) in [6, 6.07) is 13.3. The van der Waals surface area contributed by atoms with Crippen molar-refractivity contribution in [3.8, 4) is 0 Å². The van der Waals surface area contributed by atoms with Crippen molar-refractivity contribution in [2.75, 3.05) is 11.9 Å². The maximum absolute atomic E-state index is 12.5. The molecule has 3 N–H and O–H groups in total. The zero-order chi connectivity index (χ0) is 17.2. The first kappa shape index (κ1) is 16.6. The van der Waals surface area contributed by atoms with Gasteiger partial charge >= 0.3 is 0 Å². The third kappa shape index (κ3) is 3.64. The Kier molecular flexibility index (Phi) is 4.66. The molecule has 0 aliphatic carbocycles. The van der Waals surface area contributed by atoms with Gasteiger partial charge in [0.2, 0.25) is 15.9 Å². The fraction of sp³-hybridized carbons (Fsp3) is 0.235. The molecule has 2 aromatic carbocycles. The average Bonchev–Trinajstić information content (AvgIpc) is 2.94. The van der Waals surface area contributed by atoms with Gasteiger partial charge in [0.15, 0.2) is 0 Å². The lowest BCUT2D eigenvalue weighted by Gasteiger charge is -2.17. The summed E-state index contributed by atoms with van der Waals surface area (Å²) in [4.78, 5) is 11.5. The van der Waals surface area contributed by atoms with Gasteiger partial charge in [-0.1, -0.05) is 30.3 Å². The van der Waals surface area contributed by atoms with Crippen LogP contribution in [0.1, 0.15) is 11.1 Å². The number of nitrogens with one attached hydrogen (secondary N) is 2. The molecule has 1 aliphatic heterocycles. The molecular weight excluding hydrogens is 328 g/mol. The van der Waals surface area contributed by atoms with E-state index in [2.05, 4.69) is 10.0 Å². The summed E-state index contributed by atoms with van der Waals surface area (Å²) < 4.78 is 27.6. The fourth-order valence-corrected chi connectivity index (χ4v) is 3.98. The summed E-state index contributed by atoms with van der Waals surface area (Å²) in [5, 5.41) is 12.2. The largest absolute Gasteiger partial charge is 0.395 e. The SMILES string of the molecule is O=C1Cc2cc(S(=O)(=O)NC(CO)Cc3ccccc3)ccc2N1. The van der Waals surface area contributed by atoms with Crippen LogP contribution in [0.4, 0.5) is 5.69 Å². The van der Waals surface area contributed by atoms with Gasteiger partial charge in [0.1, 0.15) is 0 Å². The number of hydrogen-bond acceptors (Lipinski definition) is 4. The summed E-state index contributed by atoms with van der Waals surface area (Å²) in [7, 11) is -3.78. The monoisotopic (exact) mass is 346 g/mol. The van der Waals surface area contributed by atoms with E-state index in [-0.39, 0.29) is 23.8 Å². The van der Waals surface area contributed by atoms with Crippen molar-refractivity contribution in [3.63, 3.8) is 0 Å². The molecule has 0 bridgehead atoms. The molecule has 1 amide bonds. The molecule has 3 rings (SSSR count). The number of fused-ring (bicyclic) bond motifs is 1. The van der Waals surface area contributed by atoms with Crippen LogP contribution in [0.15, 0.2) is 53.4 Å². The van der Waals surface area contributed by atoms with Crippen LogP contribution >= 0.6 is 0 Å². The molecule has 0 spiro atoms. The quantitative estimate of drug-likeness (QED) is 0.729. The lowest BCUT2D eigenvalue weighted by Crippen LogP contribution is -2.39. The highest BCUT2D eigenvalue weighted by atomic mass is 32.2. The predicted octanol–water partition coefficient (Wildman–Crippen LogP) is 1.06. The average molecular weight is 346 g/mol. The number of aliphatic hydroxyl groups is 1. The Hall–Kier alpha value is -2.22. The van der Waals surface area contributed by atoms with Crippen molar-refractivity contribution in [1.29, 1.82) is 0 Å². The molecule has 24 heavy (non-hydrogen) atoms. The maximum Gasteiger partial charge on any atom is 0.240 e. The van der Waals surface area contributed by atoms with Gasteiger partial charge in [-0.25, -0.2) is 13.1 Å². The summed E-state index contributed by atoms with van der Waals surface area (Å²) in [6.07, 6.45) is 0.563. The number of amides is 1. The van der Waals surface area contributed by atoms with Gasteiger partial charge in [0.05, 0.1) is 17.9 Å². The summed E-state index contributed by atoms with van der Waals surface area (Å²) >= 11 is 0. The van der Waals surface area contributed by atoms with Crippen molar-refractivity contribution in [2.45, 2.75) is 23.8 Å². The van der Waals surface area contributed by atoms with Gasteiger partial charge in [-0.3, -0.25) is 4.79 Å². The standard InChI is InChI=1S/C17H18N2O4S/c20-11-14(8-12-4-2-1-3-5-12)19-24(22,23)15-6-7-16-13(9-15)10-17(21)18-16/h1-7,9,14,19-20H,8,10-11H2,(H,18,21). The smallest absolute Gasteiger partial charge is 0.240 e. The van der Waals surface area contributed by atoms with Crippen LogP contribution in [0, 0.1) is 0 Å². The zero-order valence-electron chi connectivity index (χ0n) is 12.9. The zero-order valence-corrected chi connectivity index (χ0v) is 13.7. The second-order valence-corrected chi connectivity index (χ2v) is 7.45. The Morgan fingerprint density at radius 3 is 2.62 bits per heavy atom. The lowest BCUT2D eigenvalue weighted by molar-refractivity contribution is -0.115. The highest BCUT2D eigenvalue weighted by molar-refractivity contribution is 7.89.